The molecule has 2 aromatic carbocycles. The first-order valence-electron chi connectivity index (χ1n) is 5.86. The van der Waals surface area contributed by atoms with E-state index in [1.807, 2.05) is 26.0 Å². The first-order chi connectivity index (χ1) is 9.31. The molecule has 1 atom stereocenters. The van der Waals surface area contributed by atoms with Crippen LogP contribution < -0.4 is 0 Å². The Labute approximate surface area is 142 Å². The molecule has 2 aromatic rings. The second kappa shape index (κ2) is 6.24. The number of hydrogen-bond donors (Lipinski definition) is 0. The van der Waals surface area contributed by atoms with Crippen LogP contribution in [0, 0.1) is 25.5 Å². The first kappa shape index (κ1) is 16.1. The number of hydrogen-bond acceptors (Lipinski definition) is 0. The summed E-state index contributed by atoms with van der Waals surface area (Å²) in [6, 6.07) is 6.43. The third-order valence-electron chi connectivity index (χ3n) is 3.12. The second-order valence-electron chi connectivity index (χ2n) is 4.60. The van der Waals surface area contributed by atoms with Crippen LogP contribution >= 0.6 is 47.8 Å². The Morgan fingerprint density at radius 1 is 0.900 bits per heavy atom. The van der Waals surface area contributed by atoms with Gasteiger partial charge in [-0.1, -0.05) is 53.9 Å². The van der Waals surface area contributed by atoms with Crippen molar-refractivity contribution in [2.24, 2.45) is 0 Å². The van der Waals surface area contributed by atoms with Crippen LogP contribution in [-0.2, 0) is 0 Å². The minimum Gasteiger partial charge on any atom is -0.206 e. The number of benzene rings is 2. The molecule has 0 aliphatic heterocycles. The van der Waals surface area contributed by atoms with Gasteiger partial charge < -0.3 is 0 Å². The average Bonchev–Trinajstić information content (AvgIpc) is 2.32. The van der Waals surface area contributed by atoms with Crippen LogP contribution in [0.4, 0.5) is 8.78 Å². The van der Waals surface area contributed by atoms with Gasteiger partial charge in [0.2, 0.25) is 0 Å². The summed E-state index contributed by atoms with van der Waals surface area (Å²) in [4.78, 5) is -0.526. The third-order valence-corrected chi connectivity index (χ3v) is 5.38. The molecule has 20 heavy (non-hydrogen) atoms. The van der Waals surface area contributed by atoms with Crippen LogP contribution in [0.15, 0.2) is 33.2 Å². The fourth-order valence-electron chi connectivity index (χ4n) is 2.03. The normalized spacial score (nSPS) is 12.6. The molecule has 0 saturated carbocycles. The van der Waals surface area contributed by atoms with E-state index in [0.717, 1.165) is 21.2 Å². The Balaban J connectivity index is 2.57. The van der Waals surface area contributed by atoms with Crippen molar-refractivity contribution in [2.75, 3.05) is 0 Å². The topological polar surface area (TPSA) is 0 Å². The summed E-state index contributed by atoms with van der Waals surface area (Å²) in [5.41, 5.74) is 2.86. The van der Waals surface area contributed by atoms with E-state index >= 15 is 0 Å². The monoisotopic (exact) mass is 466 g/mol. The highest BCUT2D eigenvalue weighted by molar-refractivity contribution is 9.10. The van der Waals surface area contributed by atoms with Crippen molar-refractivity contribution in [3.05, 3.63) is 67.1 Å². The fraction of sp³-hybridized carbons (Fsp3) is 0.200. The molecule has 0 heterocycles. The SMILES string of the molecule is Cc1cc(C(Br)c2c(F)cc(Br)cc2F)c(C)cc1Br. The van der Waals surface area contributed by atoms with Gasteiger partial charge in [-0.3, -0.25) is 0 Å². The van der Waals surface area contributed by atoms with Gasteiger partial charge in [-0.15, -0.1) is 0 Å². The number of alkyl halides is 1. The second-order valence-corrected chi connectivity index (χ2v) is 7.29. The summed E-state index contributed by atoms with van der Waals surface area (Å²) in [7, 11) is 0. The highest BCUT2D eigenvalue weighted by atomic mass is 79.9. The van der Waals surface area contributed by atoms with Crippen molar-refractivity contribution in [2.45, 2.75) is 18.7 Å². The zero-order chi connectivity index (χ0) is 15.0. The van der Waals surface area contributed by atoms with Gasteiger partial charge in [0, 0.05) is 14.5 Å². The standard InChI is InChI=1S/C15H11Br3F2/c1-7-4-11(17)8(2)3-10(7)15(18)14-12(19)5-9(16)6-13(14)20/h3-6,15H,1-2H3. The van der Waals surface area contributed by atoms with Crippen molar-refractivity contribution in [3.63, 3.8) is 0 Å². The molecule has 0 spiro atoms. The average molecular weight is 469 g/mol. The van der Waals surface area contributed by atoms with E-state index in [1.165, 1.54) is 12.1 Å². The molecule has 0 nitrogen and oxygen atoms in total. The third kappa shape index (κ3) is 3.15. The molecule has 0 aliphatic rings. The molecule has 0 aliphatic carbocycles. The maximum absolute atomic E-state index is 14.0. The zero-order valence-electron chi connectivity index (χ0n) is 10.8. The predicted octanol–water partition coefficient (Wildman–Crippen LogP) is 6.59. The van der Waals surface area contributed by atoms with E-state index in [1.54, 1.807) is 0 Å². The Morgan fingerprint density at radius 2 is 1.45 bits per heavy atom. The zero-order valence-corrected chi connectivity index (χ0v) is 15.5. The lowest BCUT2D eigenvalue weighted by atomic mass is 9.98. The van der Waals surface area contributed by atoms with Gasteiger partial charge >= 0.3 is 0 Å². The summed E-state index contributed by atoms with van der Waals surface area (Å²) in [5.74, 6) is -1.14. The maximum Gasteiger partial charge on any atom is 0.131 e. The first-order valence-corrected chi connectivity index (χ1v) is 8.36. The smallest absolute Gasteiger partial charge is 0.131 e. The molecule has 0 radical (unpaired) electrons. The van der Waals surface area contributed by atoms with Crippen LogP contribution in [-0.4, -0.2) is 0 Å². The van der Waals surface area contributed by atoms with Crippen LogP contribution in [0.5, 0.6) is 0 Å². The van der Waals surface area contributed by atoms with E-state index in [0.29, 0.717) is 4.47 Å². The molecule has 0 aromatic heterocycles. The van der Waals surface area contributed by atoms with Crippen LogP contribution in [0.1, 0.15) is 27.1 Å². The molecule has 0 saturated heterocycles. The van der Waals surface area contributed by atoms with Gasteiger partial charge in [-0.25, -0.2) is 8.78 Å². The lowest BCUT2D eigenvalue weighted by Gasteiger charge is -2.17. The van der Waals surface area contributed by atoms with E-state index in [4.69, 9.17) is 0 Å². The van der Waals surface area contributed by atoms with Gasteiger partial charge in [-0.2, -0.15) is 0 Å². The van der Waals surface area contributed by atoms with E-state index < -0.39 is 16.5 Å². The molecular weight excluding hydrogens is 458 g/mol. The van der Waals surface area contributed by atoms with Crippen LogP contribution in [0.25, 0.3) is 0 Å². The molecule has 0 fully saturated rings. The van der Waals surface area contributed by atoms with Gasteiger partial charge in [-0.05, 0) is 48.7 Å². The molecule has 106 valence electrons. The van der Waals surface area contributed by atoms with Crippen molar-refractivity contribution in [3.8, 4) is 0 Å². The minimum absolute atomic E-state index is 0.0259. The highest BCUT2D eigenvalue weighted by Gasteiger charge is 2.22. The molecular formula is C15H11Br3F2. The van der Waals surface area contributed by atoms with Crippen LogP contribution in [0.3, 0.4) is 0 Å². The summed E-state index contributed by atoms with van der Waals surface area (Å²) < 4.78 is 29.5. The number of rotatable bonds is 2. The molecule has 2 rings (SSSR count). The lowest BCUT2D eigenvalue weighted by molar-refractivity contribution is 0.559. The number of halogens is 5. The summed E-state index contributed by atoms with van der Waals surface area (Å²) >= 11 is 9.96. The van der Waals surface area contributed by atoms with Crippen molar-refractivity contribution in [1.29, 1.82) is 0 Å². The Kier molecular flexibility index (Phi) is 5.03. The molecule has 1 unspecified atom stereocenters. The fourth-order valence-corrected chi connectivity index (χ4v) is 3.82. The molecule has 0 N–H and O–H groups in total. The Bertz CT molecular complexity index is 645. The van der Waals surface area contributed by atoms with E-state index in [-0.39, 0.29) is 5.56 Å². The Morgan fingerprint density at radius 3 is 2.00 bits per heavy atom. The quantitative estimate of drug-likeness (QED) is 0.436. The maximum atomic E-state index is 14.0. The largest absolute Gasteiger partial charge is 0.206 e. The number of aryl methyl sites for hydroxylation is 2. The molecule has 0 bridgehead atoms. The van der Waals surface area contributed by atoms with Gasteiger partial charge in [0.05, 0.1) is 4.83 Å². The van der Waals surface area contributed by atoms with Gasteiger partial charge in [0.15, 0.2) is 0 Å². The van der Waals surface area contributed by atoms with Crippen molar-refractivity contribution >= 4 is 47.8 Å². The minimum atomic E-state index is -0.571. The highest BCUT2D eigenvalue weighted by Crippen LogP contribution is 2.38. The molecule has 0 amide bonds. The van der Waals surface area contributed by atoms with E-state index in [2.05, 4.69) is 47.8 Å². The van der Waals surface area contributed by atoms with Crippen molar-refractivity contribution < 1.29 is 8.78 Å². The Hall–Kier alpha value is -0.260. The van der Waals surface area contributed by atoms with Crippen LogP contribution in [0.2, 0.25) is 0 Å². The summed E-state index contributed by atoms with van der Waals surface area (Å²) in [6.45, 7) is 3.86. The summed E-state index contributed by atoms with van der Waals surface area (Å²) in [6.07, 6.45) is 0. The summed E-state index contributed by atoms with van der Waals surface area (Å²) in [5, 5.41) is 0. The van der Waals surface area contributed by atoms with Gasteiger partial charge in [0.25, 0.3) is 0 Å². The predicted molar refractivity (Wildman–Crippen MR) is 88.4 cm³/mol. The molecule has 5 heteroatoms. The lowest BCUT2D eigenvalue weighted by Crippen LogP contribution is -2.03. The van der Waals surface area contributed by atoms with Crippen molar-refractivity contribution in [1.82, 2.24) is 0 Å². The van der Waals surface area contributed by atoms with Gasteiger partial charge in [0.1, 0.15) is 11.6 Å². The van der Waals surface area contributed by atoms with E-state index in [9.17, 15) is 8.78 Å².